The van der Waals surface area contributed by atoms with E-state index in [1.54, 1.807) is 0 Å². The van der Waals surface area contributed by atoms with Gasteiger partial charge in [0.2, 0.25) is 0 Å². The molecular weight excluding hydrogens is 205 g/mol. The first-order valence-electron chi connectivity index (χ1n) is 4.02. The second-order valence-electron chi connectivity index (χ2n) is 3.11. The molecule has 0 saturated heterocycles. The van der Waals surface area contributed by atoms with Crippen LogP contribution in [0.5, 0.6) is 0 Å². The van der Waals surface area contributed by atoms with Crippen LogP contribution in [0.4, 0.5) is 0 Å². The van der Waals surface area contributed by atoms with Crippen molar-refractivity contribution in [1.29, 1.82) is 0 Å². The van der Waals surface area contributed by atoms with Crippen molar-refractivity contribution in [1.82, 2.24) is 4.57 Å². The fourth-order valence-electron chi connectivity index (χ4n) is 1.62. The Kier molecular flexibility index (Phi) is 2.01. The van der Waals surface area contributed by atoms with E-state index >= 15 is 0 Å². The summed E-state index contributed by atoms with van der Waals surface area (Å²) < 4.78 is 1.91. The van der Waals surface area contributed by atoms with Crippen molar-refractivity contribution in [3.63, 3.8) is 0 Å². The van der Waals surface area contributed by atoms with E-state index in [0.29, 0.717) is 0 Å². The molecule has 0 unspecified atom stereocenters. The van der Waals surface area contributed by atoms with Gasteiger partial charge in [0.1, 0.15) is 5.15 Å². The zero-order chi connectivity index (χ0) is 9.59. The van der Waals surface area contributed by atoms with Crippen LogP contribution in [0, 0.1) is 6.92 Å². The van der Waals surface area contributed by atoms with Gasteiger partial charge in [-0.15, -0.1) is 0 Å². The molecule has 1 aromatic heterocycles. The van der Waals surface area contributed by atoms with E-state index < -0.39 is 0 Å². The number of halogens is 2. The first kappa shape index (κ1) is 8.92. The van der Waals surface area contributed by atoms with Crippen LogP contribution in [0.3, 0.4) is 0 Å². The molecule has 1 nitrogen and oxygen atoms in total. The standard InChI is InChI=1S/C10H9Cl2N/c1-6-7-4-3-5-8(11)9(7)13(2)10(6)12/h3-5H,1-2H3. The Morgan fingerprint density at radius 2 is 1.92 bits per heavy atom. The molecule has 2 aromatic rings. The van der Waals surface area contributed by atoms with Crippen LogP contribution < -0.4 is 0 Å². The molecule has 1 heterocycles. The van der Waals surface area contributed by atoms with Gasteiger partial charge in [0, 0.05) is 12.4 Å². The Balaban J connectivity index is 3.03. The summed E-state index contributed by atoms with van der Waals surface area (Å²) in [6.45, 7) is 2.00. The van der Waals surface area contributed by atoms with E-state index in [0.717, 1.165) is 26.6 Å². The largest absolute Gasteiger partial charge is 0.333 e. The Bertz CT molecular complexity index is 471. The van der Waals surface area contributed by atoms with Crippen LogP contribution in [0.1, 0.15) is 5.56 Å². The number of hydrogen-bond donors (Lipinski definition) is 0. The van der Waals surface area contributed by atoms with Gasteiger partial charge < -0.3 is 4.57 Å². The van der Waals surface area contributed by atoms with Crippen molar-refractivity contribution in [2.75, 3.05) is 0 Å². The maximum atomic E-state index is 6.10. The summed E-state index contributed by atoms with van der Waals surface area (Å²) in [5.41, 5.74) is 2.09. The molecule has 13 heavy (non-hydrogen) atoms. The first-order chi connectivity index (χ1) is 6.13. The van der Waals surface area contributed by atoms with Crippen molar-refractivity contribution in [3.05, 3.63) is 33.9 Å². The number of hydrogen-bond acceptors (Lipinski definition) is 0. The lowest BCUT2D eigenvalue weighted by atomic mass is 10.2. The fourth-order valence-corrected chi connectivity index (χ4v) is 2.11. The van der Waals surface area contributed by atoms with Crippen LogP contribution in [-0.2, 0) is 7.05 Å². The number of aryl methyl sites for hydroxylation is 2. The summed E-state index contributed by atoms with van der Waals surface area (Å²) >= 11 is 12.2. The minimum Gasteiger partial charge on any atom is -0.333 e. The number of rotatable bonds is 0. The summed E-state index contributed by atoms with van der Waals surface area (Å²) in [5.74, 6) is 0. The summed E-state index contributed by atoms with van der Waals surface area (Å²) in [6.07, 6.45) is 0. The second-order valence-corrected chi connectivity index (χ2v) is 3.88. The maximum absolute atomic E-state index is 6.10. The Hall–Kier alpha value is -0.660. The van der Waals surface area contributed by atoms with Gasteiger partial charge in [-0.05, 0) is 18.6 Å². The minimum atomic E-state index is 0.745. The summed E-state index contributed by atoms with van der Waals surface area (Å²) in [5, 5.41) is 2.62. The van der Waals surface area contributed by atoms with Crippen molar-refractivity contribution < 1.29 is 0 Å². The number of nitrogens with zero attached hydrogens (tertiary/aromatic N) is 1. The highest BCUT2D eigenvalue weighted by atomic mass is 35.5. The predicted molar refractivity (Wildman–Crippen MR) is 57.7 cm³/mol. The van der Waals surface area contributed by atoms with Gasteiger partial charge in [0.05, 0.1) is 10.5 Å². The lowest BCUT2D eigenvalue weighted by Gasteiger charge is -1.98. The number of para-hydroxylation sites is 1. The molecule has 0 fully saturated rings. The van der Waals surface area contributed by atoms with Gasteiger partial charge in [0.25, 0.3) is 0 Å². The van der Waals surface area contributed by atoms with Gasteiger partial charge in [-0.25, -0.2) is 0 Å². The number of benzene rings is 1. The molecule has 0 saturated carbocycles. The third kappa shape index (κ3) is 1.15. The van der Waals surface area contributed by atoms with Crippen LogP contribution in [0.2, 0.25) is 10.2 Å². The molecule has 0 aliphatic rings. The minimum absolute atomic E-state index is 0.745. The van der Waals surface area contributed by atoms with Crippen LogP contribution in [0.25, 0.3) is 10.9 Å². The molecule has 0 radical (unpaired) electrons. The van der Waals surface area contributed by atoms with Crippen molar-refractivity contribution in [3.8, 4) is 0 Å². The van der Waals surface area contributed by atoms with E-state index in [1.807, 2.05) is 36.7 Å². The topological polar surface area (TPSA) is 4.93 Å². The average molecular weight is 214 g/mol. The normalized spacial score (nSPS) is 11.1. The van der Waals surface area contributed by atoms with Crippen LogP contribution in [-0.4, -0.2) is 4.57 Å². The molecule has 3 heteroatoms. The molecule has 68 valence electrons. The van der Waals surface area contributed by atoms with Crippen LogP contribution in [0.15, 0.2) is 18.2 Å². The van der Waals surface area contributed by atoms with E-state index in [-0.39, 0.29) is 0 Å². The maximum Gasteiger partial charge on any atom is 0.112 e. The highest BCUT2D eigenvalue weighted by molar-refractivity contribution is 6.37. The quantitative estimate of drug-likeness (QED) is 0.628. The molecule has 1 aromatic carbocycles. The van der Waals surface area contributed by atoms with Crippen molar-refractivity contribution in [2.45, 2.75) is 6.92 Å². The molecule has 0 N–H and O–H groups in total. The van der Waals surface area contributed by atoms with E-state index in [4.69, 9.17) is 23.2 Å². The molecule has 2 rings (SSSR count). The number of fused-ring (bicyclic) bond motifs is 1. The van der Waals surface area contributed by atoms with E-state index in [1.165, 1.54) is 0 Å². The van der Waals surface area contributed by atoms with E-state index in [9.17, 15) is 0 Å². The smallest absolute Gasteiger partial charge is 0.112 e. The van der Waals surface area contributed by atoms with E-state index in [2.05, 4.69) is 0 Å². The lowest BCUT2D eigenvalue weighted by molar-refractivity contribution is 0.965. The third-order valence-electron chi connectivity index (χ3n) is 2.33. The first-order valence-corrected chi connectivity index (χ1v) is 4.77. The van der Waals surface area contributed by atoms with Gasteiger partial charge in [-0.2, -0.15) is 0 Å². The van der Waals surface area contributed by atoms with Crippen molar-refractivity contribution in [2.24, 2.45) is 7.05 Å². The summed E-state index contributed by atoms with van der Waals surface area (Å²) in [6, 6.07) is 5.84. The SMILES string of the molecule is Cc1c(Cl)n(C)c2c(Cl)cccc12. The molecule has 0 bridgehead atoms. The third-order valence-corrected chi connectivity index (χ3v) is 3.17. The lowest BCUT2D eigenvalue weighted by Crippen LogP contribution is -1.86. The zero-order valence-corrected chi connectivity index (χ0v) is 8.95. The van der Waals surface area contributed by atoms with Crippen molar-refractivity contribution >= 4 is 34.1 Å². The summed E-state index contributed by atoms with van der Waals surface area (Å²) in [4.78, 5) is 0. The monoisotopic (exact) mass is 213 g/mol. The Morgan fingerprint density at radius 1 is 1.23 bits per heavy atom. The molecule has 0 atom stereocenters. The van der Waals surface area contributed by atoms with Gasteiger partial charge in [0.15, 0.2) is 0 Å². The van der Waals surface area contributed by atoms with Gasteiger partial charge in [-0.3, -0.25) is 0 Å². The molecular formula is C10H9Cl2N. The second kappa shape index (κ2) is 2.93. The number of aromatic nitrogens is 1. The molecule has 0 aliphatic heterocycles. The molecule has 0 aliphatic carbocycles. The molecule has 0 amide bonds. The average Bonchev–Trinajstić information content (AvgIpc) is 2.33. The van der Waals surface area contributed by atoms with Gasteiger partial charge in [-0.1, -0.05) is 35.3 Å². The van der Waals surface area contributed by atoms with Crippen LogP contribution >= 0.6 is 23.2 Å². The highest BCUT2D eigenvalue weighted by Crippen LogP contribution is 2.32. The Morgan fingerprint density at radius 3 is 2.54 bits per heavy atom. The fraction of sp³-hybridized carbons (Fsp3) is 0.200. The zero-order valence-electron chi connectivity index (χ0n) is 7.44. The highest BCUT2D eigenvalue weighted by Gasteiger charge is 2.11. The summed E-state index contributed by atoms with van der Waals surface area (Å²) in [7, 11) is 1.92. The predicted octanol–water partition coefficient (Wildman–Crippen LogP) is 3.79. The van der Waals surface area contributed by atoms with Gasteiger partial charge >= 0.3 is 0 Å². The Labute approximate surface area is 86.9 Å². The molecule has 0 spiro atoms.